The third-order valence-corrected chi connectivity index (χ3v) is 7.50. The smallest absolute Gasteiger partial charge is 0.165 e. The molecule has 1 saturated heterocycles. The molecule has 0 bridgehead atoms. The molecule has 2 saturated carbocycles. The van der Waals surface area contributed by atoms with Crippen LogP contribution in [0.3, 0.4) is 0 Å². The number of hydrogen-bond acceptors (Lipinski definition) is 10. The van der Waals surface area contributed by atoms with Crippen LogP contribution in [-0.2, 0) is 5.54 Å². The lowest BCUT2D eigenvalue weighted by atomic mass is 9.63. The van der Waals surface area contributed by atoms with Crippen LogP contribution in [0.15, 0.2) is 23.2 Å². The van der Waals surface area contributed by atoms with Crippen molar-refractivity contribution in [2.75, 3.05) is 18.8 Å². The van der Waals surface area contributed by atoms with E-state index in [0.717, 1.165) is 50.1 Å². The summed E-state index contributed by atoms with van der Waals surface area (Å²) in [6, 6.07) is 0. The molecule has 0 aromatic carbocycles. The Morgan fingerprint density at radius 2 is 1.83 bits per heavy atom. The van der Waals surface area contributed by atoms with E-state index in [1.165, 1.54) is 6.33 Å². The predicted molar refractivity (Wildman–Crippen MR) is 132 cm³/mol. The van der Waals surface area contributed by atoms with E-state index >= 15 is 0 Å². The van der Waals surface area contributed by atoms with E-state index in [0.29, 0.717) is 51.1 Å². The van der Waals surface area contributed by atoms with Gasteiger partial charge >= 0.3 is 0 Å². The second-order valence-electron chi connectivity index (χ2n) is 11.4. The van der Waals surface area contributed by atoms with Crippen molar-refractivity contribution < 1.29 is 9.26 Å². The number of anilines is 1. The van der Waals surface area contributed by atoms with Gasteiger partial charge in [-0.25, -0.2) is 24.6 Å². The van der Waals surface area contributed by atoms with Crippen LogP contribution in [0.5, 0.6) is 5.75 Å². The van der Waals surface area contributed by atoms with Crippen molar-refractivity contribution >= 4 is 16.9 Å². The Morgan fingerprint density at radius 3 is 2.47 bits per heavy atom. The Bertz CT molecular complexity index is 1450. The maximum Gasteiger partial charge on any atom is 0.165 e. The van der Waals surface area contributed by atoms with Crippen molar-refractivity contribution in [1.82, 2.24) is 40.2 Å². The van der Waals surface area contributed by atoms with E-state index in [1.807, 2.05) is 4.68 Å². The highest BCUT2D eigenvalue weighted by Gasteiger charge is 2.49. The van der Waals surface area contributed by atoms with Crippen LogP contribution in [0, 0.1) is 5.41 Å². The van der Waals surface area contributed by atoms with Crippen molar-refractivity contribution in [1.29, 1.82) is 0 Å². The van der Waals surface area contributed by atoms with Crippen LogP contribution in [0.2, 0.25) is 0 Å². The number of aromatic nitrogens is 7. The fraction of sp³-hybridized carbons (Fsp3) is 0.520. The normalized spacial score (nSPS) is 19.4. The van der Waals surface area contributed by atoms with Gasteiger partial charge in [0.15, 0.2) is 23.0 Å². The molecular formula is C25H29N9O2. The van der Waals surface area contributed by atoms with Crippen LogP contribution in [0.1, 0.15) is 58.1 Å². The minimum absolute atomic E-state index is 0.227. The van der Waals surface area contributed by atoms with Crippen LogP contribution in [0.25, 0.3) is 33.8 Å². The quantitative estimate of drug-likeness (QED) is 0.430. The highest BCUT2D eigenvalue weighted by molar-refractivity contribution is 6.00. The summed E-state index contributed by atoms with van der Waals surface area (Å²) in [4.78, 5) is 18.1. The number of fused-ring (bicyclic) bond motifs is 1. The first kappa shape index (κ1) is 21.7. The second-order valence-corrected chi connectivity index (χ2v) is 11.4. The maximum absolute atomic E-state index is 6.32. The molecule has 1 spiro atoms. The molecule has 4 aromatic heterocycles. The fourth-order valence-electron chi connectivity index (χ4n) is 5.37. The summed E-state index contributed by atoms with van der Waals surface area (Å²) in [6.45, 7) is 8.38. The Balaban J connectivity index is 1.28. The molecule has 7 rings (SSSR count). The predicted octanol–water partition coefficient (Wildman–Crippen LogP) is 3.28. The van der Waals surface area contributed by atoms with E-state index in [9.17, 15) is 0 Å². The van der Waals surface area contributed by atoms with Crippen LogP contribution < -0.4 is 15.8 Å². The zero-order valence-electron chi connectivity index (χ0n) is 20.7. The van der Waals surface area contributed by atoms with Crippen LogP contribution >= 0.6 is 0 Å². The summed E-state index contributed by atoms with van der Waals surface area (Å²) in [7, 11) is 0. The Kier molecular flexibility index (Phi) is 4.48. The minimum atomic E-state index is -0.328. The minimum Gasteiger partial charge on any atom is -0.487 e. The van der Waals surface area contributed by atoms with Gasteiger partial charge in [0.1, 0.15) is 29.6 Å². The SMILES string of the molecule is CC(C)(C)n1nc(-c2noc(C3CC3)c2-c2ncc(OC3CC4(CNC4)C3)cn2)c2c(N)ncnc21. The van der Waals surface area contributed by atoms with Crippen LogP contribution in [-0.4, -0.2) is 54.1 Å². The van der Waals surface area contributed by atoms with Gasteiger partial charge in [-0.05, 0) is 46.5 Å². The molecular weight excluding hydrogens is 458 g/mol. The molecule has 3 fully saturated rings. The molecule has 4 aromatic rings. The lowest BCUT2D eigenvalue weighted by Crippen LogP contribution is -2.62. The van der Waals surface area contributed by atoms with Gasteiger partial charge in [0.25, 0.3) is 0 Å². The average Bonchev–Trinajstić information content (AvgIpc) is 3.40. The lowest BCUT2D eigenvalue weighted by Gasteiger charge is -2.53. The largest absolute Gasteiger partial charge is 0.487 e. The highest BCUT2D eigenvalue weighted by Crippen LogP contribution is 2.48. The van der Waals surface area contributed by atoms with Crippen molar-refractivity contribution in [3.05, 3.63) is 24.5 Å². The summed E-state index contributed by atoms with van der Waals surface area (Å²) in [5, 5.41) is 13.4. The first-order chi connectivity index (χ1) is 17.3. The number of nitrogen functional groups attached to an aromatic ring is 1. The molecule has 0 atom stereocenters. The van der Waals surface area contributed by atoms with Crippen molar-refractivity contribution in [2.45, 2.75) is 64.0 Å². The molecule has 0 radical (unpaired) electrons. The van der Waals surface area contributed by atoms with Gasteiger partial charge in [-0.3, -0.25) is 0 Å². The van der Waals surface area contributed by atoms with Gasteiger partial charge in [-0.2, -0.15) is 5.10 Å². The van der Waals surface area contributed by atoms with Crippen LogP contribution in [0.4, 0.5) is 5.82 Å². The molecule has 0 unspecified atom stereocenters. The monoisotopic (exact) mass is 487 g/mol. The number of hydrogen-bond donors (Lipinski definition) is 2. The number of nitrogens with zero attached hydrogens (tertiary/aromatic N) is 7. The van der Waals surface area contributed by atoms with Gasteiger partial charge < -0.3 is 20.3 Å². The van der Waals surface area contributed by atoms with E-state index in [2.05, 4.69) is 51.2 Å². The fourth-order valence-corrected chi connectivity index (χ4v) is 5.37. The summed E-state index contributed by atoms with van der Waals surface area (Å²) >= 11 is 0. The standard InChI is InChI=1S/C25H29N9O2/c1-24(2,3)34-23-17(21(26)30-12-31-23)18(32-34)19-16(20(36-33-19)13-4-5-13)22-28-8-15(9-29-22)35-14-6-25(7-14)10-27-11-25/h8-9,12-14,27H,4-7,10-11H2,1-3H3,(H2,26,30,31). The molecule has 5 heterocycles. The Hall–Kier alpha value is -3.60. The molecule has 1 aliphatic heterocycles. The first-order valence-electron chi connectivity index (χ1n) is 12.5. The van der Waals surface area contributed by atoms with E-state index < -0.39 is 0 Å². The second kappa shape index (κ2) is 7.45. The topological polar surface area (TPSA) is 143 Å². The molecule has 36 heavy (non-hydrogen) atoms. The van der Waals surface area contributed by atoms with Gasteiger partial charge in [0, 0.05) is 24.4 Å². The molecule has 3 N–H and O–H groups in total. The summed E-state index contributed by atoms with van der Waals surface area (Å²) in [5.74, 6) is 2.63. The Labute approximate surface area is 207 Å². The molecule has 186 valence electrons. The molecule has 2 aliphatic carbocycles. The van der Waals surface area contributed by atoms with Gasteiger partial charge in [0.05, 0.1) is 28.9 Å². The Morgan fingerprint density at radius 1 is 1.08 bits per heavy atom. The molecule has 0 amide bonds. The number of nitrogens with two attached hydrogens (primary N) is 1. The highest BCUT2D eigenvalue weighted by atomic mass is 16.5. The summed E-state index contributed by atoms with van der Waals surface area (Å²) in [6.07, 6.45) is 9.41. The van der Waals surface area contributed by atoms with E-state index in [-0.39, 0.29) is 11.6 Å². The number of rotatable bonds is 5. The lowest BCUT2D eigenvalue weighted by molar-refractivity contribution is -0.0497. The first-order valence-corrected chi connectivity index (χ1v) is 12.5. The van der Waals surface area contributed by atoms with E-state index in [1.54, 1.807) is 12.4 Å². The van der Waals surface area contributed by atoms with Gasteiger partial charge in [-0.15, -0.1) is 0 Å². The van der Waals surface area contributed by atoms with Gasteiger partial charge in [0.2, 0.25) is 0 Å². The molecule has 11 nitrogen and oxygen atoms in total. The zero-order valence-corrected chi connectivity index (χ0v) is 20.7. The van der Waals surface area contributed by atoms with Crippen molar-refractivity contribution in [2.24, 2.45) is 5.41 Å². The van der Waals surface area contributed by atoms with Crippen molar-refractivity contribution in [3.8, 4) is 28.5 Å². The molecule has 3 aliphatic rings. The number of ether oxygens (including phenoxy) is 1. The average molecular weight is 488 g/mol. The maximum atomic E-state index is 6.32. The van der Waals surface area contributed by atoms with Crippen molar-refractivity contribution in [3.63, 3.8) is 0 Å². The zero-order chi connectivity index (χ0) is 24.7. The van der Waals surface area contributed by atoms with E-state index in [4.69, 9.17) is 20.1 Å². The third kappa shape index (κ3) is 3.36. The number of nitrogens with one attached hydrogen (secondary N) is 1. The van der Waals surface area contributed by atoms with Gasteiger partial charge in [-0.1, -0.05) is 5.16 Å². The third-order valence-electron chi connectivity index (χ3n) is 7.50. The summed E-state index contributed by atoms with van der Waals surface area (Å²) < 4.78 is 13.9. The summed E-state index contributed by atoms with van der Waals surface area (Å²) in [5.41, 5.74) is 8.97. The molecule has 11 heteroatoms.